The zero-order chi connectivity index (χ0) is 45.2. The number of nitrogens with zero attached hydrogens (tertiary/aromatic N) is 2. The van der Waals surface area contributed by atoms with E-state index < -0.39 is 0 Å². The first-order valence-corrected chi connectivity index (χ1v) is 23.7. The minimum Gasteiger partial charge on any atom is -0.309 e. The van der Waals surface area contributed by atoms with Crippen LogP contribution in [0.5, 0.6) is 0 Å². The third kappa shape index (κ3) is 6.02. The molecule has 320 valence electrons. The van der Waals surface area contributed by atoms with Crippen LogP contribution < -0.4 is 0 Å². The van der Waals surface area contributed by atoms with Gasteiger partial charge in [0.25, 0.3) is 0 Å². The molecule has 2 heteroatoms. The average Bonchev–Trinajstić information content (AvgIpc) is 4.00. The second-order valence-corrected chi connectivity index (χ2v) is 19.9. The number of aromatic nitrogens is 2. The summed E-state index contributed by atoms with van der Waals surface area (Å²) in [5.74, 6) is 0. The number of benzene rings is 9. The van der Waals surface area contributed by atoms with Gasteiger partial charge in [0.1, 0.15) is 0 Å². The van der Waals surface area contributed by atoms with Gasteiger partial charge >= 0.3 is 0 Å². The fourth-order valence-corrected chi connectivity index (χ4v) is 11.6. The summed E-state index contributed by atoms with van der Waals surface area (Å²) in [6.07, 6.45) is 9.11. The molecule has 2 aliphatic rings. The van der Waals surface area contributed by atoms with Crippen molar-refractivity contribution in [2.75, 3.05) is 0 Å². The molecule has 11 aromatic rings. The van der Waals surface area contributed by atoms with Crippen LogP contribution in [0.2, 0.25) is 0 Å². The fraction of sp³-hybridized carbons (Fsp3) is 0.108. The molecule has 2 heterocycles. The molecule has 67 heavy (non-hydrogen) atoms. The van der Waals surface area contributed by atoms with Crippen LogP contribution in [-0.4, -0.2) is 9.13 Å². The quantitative estimate of drug-likeness (QED) is 0.147. The van der Waals surface area contributed by atoms with E-state index in [0.717, 1.165) is 0 Å². The van der Waals surface area contributed by atoms with Crippen molar-refractivity contribution >= 4 is 67.9 Å². The van der Waals surface area contributed by atoms with E-state index in [9.17, 15) is 0 Å². The van der Waals surface area contributed by atoms with Crippen LogP contribution in [0, 0.1) is 6.92 Å². The molecule has 0 bridgehead atoms. The Kier molecular flexibility index (Phi) is 8.55. The molecule has 0 atom stereocenters. The standard InChI is InChI=1S/C65H50N2/c1-41-19-29-47(30-20-41)67-61-18-12-10-16-51(61)55-36-43(28-34-63(55)67)22-24-45-26-32-49-53-40-58-52(39-59(53)65(4,5)57(49)38-45)48-31-25-44(37-56(48)64(58,2)3)23-21-42-27-33-62-54(35-42)50-15-9-11-17-60(50)66(62)46-13-7-6-8-14-46/h6-40H,1-5H3/b23-21+,24-22+. The molecule has 0 aliphatic heterocycles. The summed E-state index contributed by atoms with van der Waals surface area (Å²) >= 11 is 0. The van der Waals surface area contributed by atoms with Gasteiger partial charge in [-0.3, -0.25) is 0 Å². The highest BCUT2D eigenvalue weighted by Crippen LogP contribution is 2.56. The predicted octanol–water partition coefficient (Wildman–Crippen LogP) is 17.1. The van der Waals surface area contributed by atoms with E-state index in [1.54, 1.807) is 0 Å². The van der Waals surface area contributed by atoms with E-state index in [1.165, 1.54) is 127 Å². The Morgan fingerprint density at radius 2 is 0.687 bits per heavy atom. The molecule has 0 radical (unpaired) electrons. The molecule has 0 fully saturated rings. The van der Waals surface area contributed by atoms with Crippen molar-refractivity contribution in [3.63, 3.8) is 0 Å². The minimum absolute atomic E-state index is 0.134. The average molecular weight is 859 g/mol. The zero-order valence-corrected chi connectivity index (χ0v) is 38.6. The normalized spacial score (nSPS) is 14.5. The van der Waals surface area contributed by atoms with Gasteiger partial charge in [0, 0.05) is 43.7 Å². The SMILES string of the molecule is Cc1ccc(-n2c3ccccc3c3cc(/C=C/c4ccc5c(c4)C(C)(C)c4cc6c(cc4-5)C(C)(C)c4cc(/C=C/c5ccc7c(c5)c5ccccc5n7-c5ccccc5)ccc4-6)ccc32)cc1. The van der Waals surface area contributed by atoms with Crippen LogP contribution in [-0.2, 0) is 10.8 Å². The van der Waals surface area contributed by atoms with E-state index in [-0.39, 0.29) is 10.8 Å². The maximum Gasteiger partial charge on any atom is 0.0541 e. The van der Waals surface area contributed by atoms with Gasteiger partial charge < -0.3 is 9.13 Å². The predicted molar refractivity (Wildman–Crippen MR) is 286 cm³/mol. The summed E-state index contributed by atoms with van der Waals surface area (Å²) in [7, 11) is 0. The molecule has 0 unspecified atom stereocenters. The monoisotopic (exact) mass is 858 g/mol. The third-order valence-electron chi connectivity index (χ3n) is 15.2. The van der Waals surface area contributed by atoms with Crippen molar-refractivity contribution in [2.24, 2.45) is 0 Å². The lowest BCUT2D eigenvalue weighted by Crippen LogP contribution is -2.17. The lowest BCUT2D eigenvalue weighted by Gasteiger charge is -2.24. The Morgan fingerprint density at radius 1 is 0.313 bits per heavy atom. The lowest BCUT2D eigenvalue weighted by molar-refractivity contribution is 0.652. The van der Waals surface area contributed by atoms with Crippen LogP contribution in [0.3, 0.4) is 0 Å². The van der Waals surface area contributed by atoms with E-state index in [1.807, 2.05) is 0 Å². The van der Waals surface area contributed by atoms with E-state index in [4.69, 9.17) is 0 Å². The number of hydrogen-bond donors (Lipinski definition) is 0. The summed E-state index contributed by atoms with van der Waals surface area (Å²) in [6.45, 7) is 11.8. The van der Waals surface area contributed by atoms with Gasteiger partial charge in [-0.2, -0.15) is 0 Å². The topological polar surface area (TPSA) is 9.86 Å². The summed E-state index contributed by atoms with van der Waals surface area (Å²) in [5.41, 5.74) is 24.2. The molecule has 9 aromatic carbocycles. The highest BCUT2D eigenvalue weighted by molar-refractivity contribution is 6.11. The second-order valence-electron chi connectivity index (χ2n) is 19.9. The van der Waals surface area contributed by atoms with E-state index >= 15 is 0 Å². The Labute approximate surface area is 392 Å². The summed E-state index contributed by atoms with van der Waals surface area (Å²) in [6, 6.07) is 70.0. The van der Waals surface area contributed by atoms with Crippen LogP contribution in [0.25, 0.3) is 102 Å². The van der Waals surface area contributed by atoms with Crippen molar-refractivity contribution in [1.82, 2.24) is 9.13 Å². The molecule has 2 aliphatic carbocycles. The molecule has 0 saturated heterocycles. The van der Waals surface area contributed by atoms with Crippen molar-refractivity contribution < 1.29 is 0 Å². The van der Waals surface area contributed by atoms with Gasteiger partial charge in [0.05, 0.1) is 22.1 Å². The number of rotatable bonds is 6. The fourth-order valence-electron chi connectivity index (χ4n) is 11.6. The molecule has 2 aromatic heterocycles. The Morgan fingerprint density at radius 3 is 1.16 bits per heavy atom. The van der Waals surface area contributed by atoms with Gasteiger partial charge in [-0.15, -0.1) is 0 Å². The molecule has 0 saturated carbocycles. The van der Waals surface area contributed by atoms with Gasteiger partial charge in [-0.1, -0.05) is 173 Å². The van der Waals surface area contributed by atoms with Crippen LogP contribution in [0.4, 0.5) is 0 Å². The molecule has 13 rings (SSSR count). The van der Waals surface area contributed by atoms with Gasteiger partial charge in [-0.25, -0.2) is 0 Å². The van der Waals surface area contributed by atoms with Crippen LogP contribution in [0.15, 0.2) is 188 Å². The molecular formula is C65H50N2. The molecule has 0 amide bonds. The van der Waals surface area contributed by atoms with Crippen molar-refractivity contribution in [1.29, 1.82) is 0 Å². The first-order chi connectivity index (χ1) is 32.6. The highest BCUT2D eigenvalue weighted by atomic mass is 15.0. The van der Waals surface area contributed by atoms with Gasteiger partial charge in [0.15, 0.2) is 0 Å². The number of aryl methyl sites for hydroxylation is 1. The summed E-state index contributed by atoms with van der Waals surface area (Å²) in [5, 5.41) is 5.08. The van der Waals surface area contributed by atoms with Crippen molar-refractivity contribution in [3.8, 4) is 33.6 Å². The molecule has 0 N–H and O–H groups in total. The minimum atomic E-state index is -0.135. The number of fused-ring (bicyclic) bond motifs is 12. The van der Waals surface area contributed by atoms with Gasteiger partial charge in [-0.05, 0) is 146 Å². The van der Waals surface area contributed by atoms with E-state index in [2.05, 4.69) is 256 Å². The van der Waals surface area contributed by atoms with Crippen molar-refractivity contribution in [3.05, 3.63) is 238 Å². The highest BCUT2D eigenvalue weighted by Gasteiger charge is 2.41. The van der Waals surface area contributed by atoms with Gasteiger partial charge in [0.2, 0.25) is 0 Å². The van der Waals surface area contributed by atoms with E-state index in [0.29, 0.717) is 0 Å². The smallest absolute Gasteiger partial charge is 0.0541 e. The molecule has 2 nitrogen and oxygen atoms in total. The summed E-state index contributed by atoms with van der Waals surface area (Å²) in [4.78, 5) is 0. The first kappa shape index (κ1) is 39.4. The second kappa shape index (κ2) is 14.5. The maximum atomic E-state index is 2.52. The van der Waals surface area contributed by atoms with Crippen LogP contribution >= 0.6 is 0 Å². The largest absolute Gasteiger partial charge is 0.309 e. The third-order valence-corrected chi connectivity index (χ3v) is 15.2. The zero-order valence-electron chi connectivity index (χ0n) is 38.6. The number of hydrogen-bond acceptors (Lipinski definition) is 0. The number of para-hydroxylation sites is 3. The van der Waals surface area contributed by atoms with Crippen LogP contribution in [0.1, 0.15) is 77.8 Å². The Hall–Kier alpha value is -7.94. The Balaban J connectivity index is 0.795. The van der Waals surface area contributed by atoms with Crippen molar-refractivity contribution in [2.45, 2.75) is 45.4 Å². The molecule has 0 spiro atoms. The lowest BCUT2D eigenvalue weighted by atomic mass is 9.79. The molecular weight excluding hydrogens is 809 g/mol. The Bertz CT molecular complexity index is 3900. The first-order valence-electron chi connectivity index (χ1n) is 23.7. The maximum absolute atomic E-state index is 2.52. The summed E-state index contributed by atoms with van der Waals surface area (Å²) < 4.78 is 4.76.